The first-order valence-corrected chi connectivity index (χ1v) is 9.14. The molecule has 2 aromatic heterocycles. The Labute approximate surface area is 158 Å². The summed E-state index contributed by atoms with van der Waals surface area (Å²) in [5.41, 5.74) is 2.16. The zero-order chi connectivity index (χ0) is 18.6. The second-order valence-corrected chi connectivity index (χ2v) is 6.38. The van der Waals surface area contributed by atoms with E-state index in [0.29, 0.717) is 22.9 Å². The molecule has 0 saturated carbocycles. The van der Waals surface area contributed by atoms with Gasteiger partial charge in [-0.2, -0.15) is 9.97 Å². The average molecular weight is 365 g/mol. The van der Waals surface area contributed by atoms with Crippen LogP contribution >= 0.6 is 0 Å². The van der Waals surface area contributed by atoms with E-state index in [9.17, 15) is 0 Å². The van der Waals surface area contributed by atoms with E-state index >= 15 is 0 Å². The summed E-state index contributed by atoms with van der Waals surface area (Å²) in [6.45, 7) is 7.10. The van der Waals surface area contributed by atoms with E-state index in [4.69, 9.17) is 9.72 Å². The van der Waals surface area contributed by atoms with Crippen molar-refractivity contribution in [2.75, 3.05) is 50.1 Å². The molecule has 8 heteroatoms. The molecule has 4 rings (SSSR count). The second-order valence-electron chi connectivity index (χ2n) is 6.38. The number of rotatable bonds is 5. The van der Waals surface area contributed by atoms with Gasteiger partial charge < -0.3 is 19.9 Å². The van der Waals surface area contributed by atoms with Gasteiger partial charge in [-0.05, 0) is 30.8 Å². The Morgan fingerprint density at radius 1 is 1.00 bits per heavy atom. The van der Waals surface area contributed by atoms with Crippen LogP contribution in [0.15, 0.2) is 36.7 Å². The summed E-state index contributed by atoms with van der Waals surface area (Å²) in [6.07, 6.45) is 3.32. The Bertz CT molecular complexity index is 908. The highest BCUT2D eigenvalue weighted by atomic mass is 16.5. The molecule has 1 aromatic carbocycles. The van der Waals surface area contributed by atoms with Gasteiger partial charge in [-0.25, -0.2) is 9.97 Å². The van der Waals surface area contributed by atoms with Crippen LogP contribution in [0.25, 0.3) is 11.2 Å². The molecule has 0 aliphatic carbocycles. The fraction of sp³-hybridized carbons (Fsp3) is 0.368. The number of aromatic nitrogens is 4. The minimum atomic E-state index is 0.594. The van der Waals surface area contributed by atoms with Crippen molar-refractivity contribution in [2.24, 2.45) is 0 Å². The highest BCUT2D eigenvalue weighted by Crippen LogP contribution is 2.25. The molecule has 1 fully saturated rings. The predicted molar refractivity (Wildman–Crippen MR) is 106 cm³/mol. The van der Waals surface area contributed by atoms with Crippen LogP contribution in [0.5, 0.6) is 5.75 Å². The van der Waals surface area contributed by atoms with E-state index in [1.807, 2.05) is 24.3 Å². The van der Waals surface area contributed by atoms with Crippen molar-refractivity contribution in [3.63, 3.8) is 0 Å². The topological polar surface area (TPSA) is 79.3 Å². The van der Waals surface area contributed by atoms with Gasteiger partial charge in [-0.15, -0.1) is 0 Å². The van der Waals surface area contributed by atoms with Crippen LogP contribution in [-0.4, -0.2) is 64.7 Å². The molecule has 0 bridgehead atoms. The third-order valence-electron chi connectivity index (χ3n) is 4.78. The minimum Gasteiger partial charge on any atom is -0.497 e. The summed E-state index contributed by atoms with van der Waals surface area (Å²) in [5.74, 6) is 2.16. The molecule has 27 heavy (non-hydrogen) atoms. The van der Waals surface area contributed by atoms with Crippen molar-refractivity contribution in [1.29, 1.82) is 0 Å². The molecule has 3 heterocycles. The number of hydrogen-bond donors (Lipinski definition) is 1. The largest absolute Gasteiger partial charge is 0.497 e. The van der Waals surface area contributed by atoms with Crippen molar-refractivity contribution in [3.8, 4) is 5.75 Å². The highest BCUT2D eigenvalue weighted by molar-refractivity contribution is 5.85. The number of piperazine rings is 1. The molecular formula is C19H23N7O. The Morgan fingerprint density at radius 2 is 1.74 bits per heavy atom. The lowest BCUT2D eigenvalue weighted by atomic mass is 10.3. The number of methoxy groups -OCH3 is 1. The first-order valence-electron chi connectivity index (χ1n) is 9.14. The fourth-order valence-corrected chi connectivity index (χ4v) is 3.16. The normalized spacial score (nSPS) is 15.1. The molecule has 1 aliphatic heterocycles. The van der Waals surface area contributed by atoms with Gasteiger partial charge in [0.25, 0.3) is 0 Å². The molecule has 0 spiro atoms. The fourth-order valence-electron chi connectivity index (χ4n) is 3.16. The van der Waals surface area contributed by atoms with E-state index in [1.54, 1.807) is 19.5 Å². The Hall–Kier alpha value is -3.00. The number of fused-ring (bicyclic) bond motifs is 1. The zero-order valence-corrected chi connectivity index (χ0v) is 15.6. The van der Waals surface area contributed by atoms with Crippen LogP contribution in [0.1, 0.15) is 6.92 Å². The third-order valence-corrected chi connectivity index (χ3v) is 4.78. The molecule has 1 saturated heterocycles. The monoisotopic (exact) mass is 365 g/mol. The summed E-state index contributed by atoms with van der Waals surface area (Å²) in [5, 5.41) is 3.35. The first kappa shape index (κ1) is 17.4. The van der Waals surface area contributed by atoms with Gasteiger partial charge in [0.05, 0.1) is 7.11 Å². The average Bonchev–Trinajstić information content (AvgIpc) is 2.74. The summed E-state index contributed by atoms with van der Waals surface area (Å²) in [4.78, 5) is 22.8. The Balaban J connectivity index is 1.66. The number of ether oxygens (including phenoxy) is 1. The smallest absolute Gasteiger partial charge is 0.229 e. The second kappa shape index (κ2) is 7.71. The Morgan fingerprint density at radius 3 is 2.44 bits per heavy atom. The van der Waals surface area contributed by atoms with Crippen LogP contribution in [0.3, 0.4) is 0 Å². The van der Waals surface area contributed by atoms with Crippen LogP contribution in [0.4, 0.5) is 17.5 Å². The molecule has 140 valence electrons. The van der Waals surface area contributed by atoms with Gasteiger partial charge in [0.15, 0.2) is 17.0 Å². The van der Waals surface area contributed by atoms with Gasteiger partial charge >= 0.3 is 0 Å². The lowest BCUT2D eigenvalue weighted by Crippen LogP contribution is -2.46. The maximum atomic E-state index is 5.22. The number of hydrogen-bond acceptors (Lipinski definition) is 8. The molecule has 0 radical (unpaired) electrons. The molecule has 0 atom stereocenters. The number of benzene rings is 1. The molecule has 0 unspecified atom stereocenters. The van der Waals surface area contributed by atoms with Crippen molar-refractivity contribution in [3.05, 3.63) is 36.7 Å². The van der Waals surface area contributed by atoms with E-state index in [0.717, 1.165) is 44.2 Å². The van der Waals surface area contributed by atoms with Gasteiger partial charge in [-0.1, -0.05) is 6.92 Å². The zero-order valence-electron chi connectivity index (χ0n) is 15.6. The minimum absolute atomic E-state index is 0.594. The predicted octanol–water partition coefficient (Wildman–Crippen LogP) is 2.31. The molecule has 0 amide bonds. The summed E-state index contributed by atoms with van der Waals surface area (Å²) < 4.78 is 5.22. The van der Waals surface area contributed by atoms with Gasteiger partial charge in [-0.3, -0.25) is 0 Å². The van der Waals surface area contributed by atoms with Crippen LogP contribution in [0.2, 0.25) is 0 Å². The number of likely N-dealkylation sites (N-methyl/N-ethyl adjacent to an activating group) is 1. The SMILES string of the molecule is CCN1CCN(c2nc(Nc3ccc(OC)cc3)c3nccnc3n2)CC1. The van der Waals surface area contributed by atoms with Crippen LogP contribution in [-0.2, 0) is 0 Å². The molecular weight excluding hydrogens is 342 g/mol. The molecule has 1 N–H and O–H groups in total. The van der Waals surface area contributed by atoms with Crippen LogP contribution < -0.4 is 15.0 Å². The molecule has 3 aromatic rings. The molecule has 8 nitrogen and oxygen atoms in total. The number of anilines is 3. The van der Waals surface area contributed by atoms with Gasteiger partial charge in [0.1, 0.15) is 5.75 Å². The first-order chi connectivity index (χ1) is 13.3. The maximum absolute atomic E-state index is 5.22. The van der Waals surface area contributed by atoms with Crippen molar-refractivity contribution >= 4 is 28.6 Å². The van der Waals surface area contributed by atoms with E-state index in [2.05, 4.69) is 37.0 Å². The van der Waals surface area contributed by atoms with Gasteiger partial charge in [0.2, 0.25) is 5.95 Å². The standard InChI is InChI=1S/C19H23N7O/c1-3-25-10-12-26(13-11-25)19-23-17-16(20-8-9-21-17)18(24-19)22-14-4-6-15(27-2)7-5-14/h4-9H,3,10-13H2,1-2H3,(H,21,22,23,24). The quantitative estimate of drug-likeness (QED) is 0.738. The van der Waals surface area contributed by atoms with Gasteiger partial charge in [0, 0.05) is 44.3 Å². The summed E-state index contributed by atoms with van der Waals surface area (Å²) in [6, 6.07) is 7.70. The van der Waals surface area contributed by atoms with Crippen molar-refractivity contribution in [1.82, 2.24) is 24.8 Å². The van der Waals surface area contributed by atoms with E-state index < -0.39 is 0 Å². The highest BCUT2D eigenvalue weighted by Gasteiger charge is 2.20. The number of nitrogens with zero attached hydrogens (tertiary/aromatic N) is 6. The lowest BCUT2D eigenvalue weighted by Gasteiger charge is -2.34. The number of nitrogens with one attached hydrogen (secondary N) is 1. The Kier molecular flexibility index (Phi) is 4.97. The van der Waals surface area contributed by atoms with E-state index in [-0.39, 0.29) is 0 Å². The summed E-state index contributed by atoms with van der Waals surface area (Å²) in [7, 11) is 1.65. The van der Waals surface area contributed by atoms with Crippen LogP contribution in [0, 0.1) is 0 Å². The van der Waals surface area contributed by atoms with Crippen molar-refractivity contribution < 1.29 is 4.74 Å². The summed E-state index contributed by atoms with van der Waals surface area (Å²) >= 11 is 0. The lowest BCUT2D eigenvalue weighted by molar-refractivity contribution is 0.270. The van der Waals surface area contributed by atoms with E-state index in [1.165, 1.54) is 0 Å². The molecule has 1 aliphatic rings. The van der Waals surface area contributed by atoms with Crippen molar-refractivity contribution in [2.45, 2.75) is 6.92 Å². The third kappa shape index (κ3) is 3.75. The maximum Gasteiger partial charge on any atom is 0.229 e.